The zero-order chi connectivity index (χ0) is 18.4. The fourth-order valence-corrected chi connectivity index (χ4v) is 2.29. The number of para-hydroxylation sites is 1. The Hall–Kier alpha value is -2.93. The Bertz CT molecular complexity index is 806. The van der Waals surface area contributed by atoms with Crippen LogP contribution in [0.3, 0.4) is 0 Å². The van der Waals surface area contributed by atoms with Gasteiger partial charge in [0, 0.05) is 0 Å². The minimum Gasteiger partial charge on any atom is -0.465 e. The maximum Gasteiger partial charge on any atom is 0.339 e. The average molecular weight is 365 g/mol. The van der Waals surface area contributed by atoms with Gasteiger partial charge in [-0.1, -0.05) is 29.8 Å². The van der Waals surface area contributed by atoms with Gasteiger partial charge in [0.2, 0.25) is 5.91 Å². The summed E-state index contributed by atoms with van der Waals surface area (Å²) in [5.41, 5.74) is 0.0614. The van der Waals surface area contributed by atoms with Crippen LogP contribution in [0.25, 0.3) is 0 Å². The zero-order valence-electron chi connectivity index (χ0n) is 13.1. The highest BCUT2D eigenvalue weighted by Crippen LogP contribution is 2.19. The Morgan fingerprint density at radius 3 is 2.52 bits per heavy atom. The Morgan fingerprint density at radius 2 is 1.84 bits per heavy atom. The van der Waals surface area contributed by atoms with E-state index in [1.807, 2.05) is 0 Å². The smallest absolute Gasteiger partial charge is 0.339 e. The van der Waals surface area contributed by atoms with E-state index in [9.17, 15) is 18.8 Å². The van der Waals surface area contributed by atoms with Crippen molar-refractivity contribution in [2.24, 2.45) is 0 Å². The Labute approximate surface area is 147 Å². The van der Waals surface area contributed by atoms with Gasteiger partial charge in [-0.15, -0.1) is 0 Å². The number of amides is 2. The maximum atomic E-state index is 13.7. The van der Waals surface area contributed by atoms with Crippen molar-refractivity contribution in [3.63, 3.8) is 0 Å². The van der Waals surface area contributed by atoms with Crippen molar-refractivity contribution >= 4 is 35.1 Å². The van der Waals surface area contributed by atoms with Gasteiger partial charge < -0.3 is 15.4 Å². The van der Waals surface area contributed by atoms with E-state index >= 15 is 0 Å². The van der Waals surface area contributed by atoms with E-state index in [1.54, 1.807) is 12.1 Å². The summed E-state index contributed by atoms with van der Waals surface area (Å²) >= 11 is 5.79. The number of methoxy groups -OCH3 is 1. The van der Waals surface area contributed by atoms with Crippen LogP contribution in [0.5, 0.6) is 0 Å². The molecular weight excluding hydrogens is 351 g/mol. The minimum absolute atomic E-state index is 0.0612. The molecule has 0 aliphatic carbocycles. The van der Waals surface area contributed by atoms with E-state index < -0.39 is 30.1 Å². The highest BCUT2D eigenvalue weighted by atomic mass is 35.5. The lowest BCUT2D eigenvalue weighted by atomic mass is 10.1. The molecular formula is C17H14ClFN2O4. The van der Waals surface area contributed by atoms with E-state index in [2.05, 4.69) is 15.4 Å². The first-order chi connectivity index (χ1) is 11.9. The lowest BCUT2D eigenvalue weighted by Gasteiger charge is -2.11. The van der Waals surface area contributed by atoms with Crippen LogP contribution >= 0.6 is 11.6 Å². The van der Waals surface area contributed by atoms with Gasteiger partial charge in [0.25, 0.3) is 5.91 Å². The number of hydrogen-bond donors (Lipinski definition) is 2. The van der Waals surface area contributed by atoms with E-state index in [1.165, 1.54) is 31.4 Å². The second kappa shape index (κ2) is 8.25. The molecule has 25 heavy (non-hydrogen) atoms. The third-order valence-electron chi connectivity index (χ3n) is 3.21. The van der Waals surface area contributed by atoms with Crippen LogP contribution in [0.15, 0.2) is 42.5 Å². The first kappa shape index (κ1) is 18.4. The van der Waals surface area contributed by atoms with Crippen molar-refractivity contribution in [2.75, 3.05) is 19.0 Å². The number of rotatable bonds is 5. The summed E-state index contributed by atoms with van der Waals surface area (Å²) in [6, 6.07) is 10.1. The van der Waals surface area contributed by atoms with Crippen LogP contribution in [-0.2, 0) is 9.53 Å². The molecule has 2 rings (SSSR count). The Kier molecular flexibility index (Phi) is 6.08. The molecule has 0 radical (unpaired) electrons. The van der Waals surface area contributed by atoms with Gasteiger partial charge in [-0.05, 0) is 24.3 Å². The van der Waals surface area contributed by atoms with Gasteiger partial charge in [-0.2, -0.15) is 0 Å². The summed E-state index contributed by atoms with van der Waals surface area (Å²) < 4.78 is 18.3. The number of nitrogens with one attached hydrogen (secondary N) is 2. The number of carbonyl (C=O) groups is 3. The van der Waals surface area contributed by atoms with Gasteiger partial charge in [0.15, 0.2) is 0 Å². The number of carbonyl (C=O) groups excluding carboxylic acids is 3. The van der Waals surface area contributed by atoms with Crippen molar-refractivity contribution in [3.8, 4) is 0 Å². The number of anilines is 1. The predicted octanol–water partition coefficient (Wildman–Crippen LogP) is 2.63. The number of ether oxygens (including phenoxy) is 1. The molecule has 2 aromatic rings. The second-order valence-corrected chi connectivity index (χ2v) is 5.27. The van der Waals surface area contributed by atoms with Gasteiger partial charge in [-0.3, -0.25) is 9.59 Å². The van der Waals surface area contributed by atoms with Crippen LogP contribution in [0.1, 0.15) is 20.7 Å². The molecule has 0 saturated carbocycles. The first-order valence-electron chi connectivity index (χ1n) is 7.13. The lowest BCUT2D eigenvalue weighted by molar-refractivity contribution is -0.115. The summed E-state index contributed by atoms with van der Waals surface area (Å²) in [5.74, 6) is -2.82. The molecule has 0 atom stereocenters. The molecule has 0 fully saturated rings. The first-order valence-corrected chi connectivity index (χ1v) is 7.51. The van der Waals surface area contributed by atoms with Crippen LogP contribution in [0.4, 0.5) is 10.1 Å². The molecule has 0 bridgehead atoms. The largest absolute Gasteiger partial charge is 0.465 e. The van der Waals surface area contributed by atoms with Gasteiger partial charge in [-0.25, -0.2) is 9.18 Å². The van der Waals surface area contributed by atoms with Crippen LogP contribution < -0.4 is 10.6 Å². The van der Waals surface area contributed by atoms with E-state index in [-0.39, 0.29) is 21.8 Å². The summed E-state index contributed by atoms with van der Waals surface area (Å²) in [5, 5.41) is 4.69. The molecule has 0 saturated heterocycles. The van der Waals surface area contributed by atoms with Crippen molar-refractivity contribution in [3.05, 3.63) is 64.4 Å². The minimum atomic E-state index is -0.820. The third-order valence-corrected chi connectivity index (χ3v) is 3.52. The average Bonchev–Trinajstić information content (AvgIpc) is 2.59. The normalized spacial score (nSPS) is 10.0. The molecule has 0 unspecified atom stereocenters. The zero-order valence-corrected chi connectivity index (χ0v) is 13.9. The Morgan fingerprint density at radius 1 is 1.12 bits per heavy atom. The number of esters is 1. The van der Waals surface area contributed by atoms with Gasteiger partial charge >= 0.3 is 5.97 Å². The number of benzene rings is 2. The van der Waals surface area contributed by atoms with Crippen LogP contribution in [0, 0.1) is 5.82 Å². The summed E-state index contributed by atoms with van der Waals surface area (Å²) in [6.45, 7) is -0.432. The molecule has 0 spiro atoms. The topological polar surface area (TPSA) is 84.5 Å². The van der Waals surface area contributed by atoms with Crippen LogP contribution in [0.2, 0.25) is 5.02 Å². The fourth-order valence-electron chi connectivity index (χ4n) is 2.04. The third kappa shape index (κ3) is 4.54. The standard InChI is InChI=1S/C17H14ClFN2O4/c1-25-17(24)10-5-2-3-8-13(10)21-14(22)9-20-16(23)15-11(18)6-4-7-12(15)19/h2-8H,9H2,1H3,(H,20,23)(H,21,22). The molecule has 0 aliphatic heterocycles. The molecule has 2 amide bonds. The number of halogens is 2. The van der Waals surface area contributed by atoms with E-state index in [0.717, 1.165) is 6.07 Å². The lowest BCUT2D eigenvalue weighted by Crippen LogP contribution is -2.33. The number of hydrogen-bond acceptors (Lipinski definition) is 4. The highest BCUT2D eigenvalue weighted by Gasteiger charge is 2.17. The SMILES string of the molecule is COC(=O)c1ccccc1NC(=O)CNC(=O)c1c(F)cccc1Cl. The van der Waals surface area contributed by atoms with E-state index in [4.69, 9.17) is 11.6 Å². The molecule has 6 nitrogen and oxygen atoms in total. The fraction of sp³-hybridized carbons (Fsp3) is 0.118. The quantitative estimate of drug-likeness (QED) is 0.799. The van der Waals surface area contributed by atoms with Crippen molar-refractivity contribution in [2.45, 2.75) is 0 Å². The molecule has 130 valence electrons. The summed E-state index contributed by atoms with van der Waals surface area (Å²) in [6.07, 6.45) is 0. The van der Waals surface area contributed by atoms with E-state index in [0.29, 0.717) is 0 Å². The molecule has 2 aromatic carbocycles. The molecule has 2 N–H and O–H groups in total. The van der Waals surface area contributed by atoms with Crippen LogP contribution in [-0.4, -0.2) is 31.4 Å². The van der Waals surface area contributed by atoms with Crippen molar-refractivity contribution in [1.29, 1.82) is 0 Å². The molecule has 0 aliphatic rings. The highest BCUT2D eigenvalue weighted by molar-refractivity contribution is 6.33. The molecule has 0 aromatic heterocycles. The van der Waals surface area contributed by atoms with Gasteiger partial charge in [0.1, 0.15) is 5.82 Å². The maximum absolute atomic E-state index is 13.7. The predicted molar refractivity (Wildman–Crippen MR) is 90.2 cm³/mol. The second-order valence-electron chi connectivity index (χ2n) is 4.86. The molecule has 0 heterocycles. The monoisotopic (exact) mass is 364 g/mol. The summed E-state index contributed by atoms with van der Waals surface area (Å²) in [4.78, 5) is 35.6. The Balaban J connectivity index is 2.02. The van der Waals surface area contributed by atoms with Crippen molar-refractivity contribution in [1.82, 2.24) is 5.32 Å². The van der Waals surface area contributed by atoms with Gasteiger partial charge in [0.05, 0.1) is 35.5 Å². The molecule has 8 heteroatoms. The van der Waals surface area contributed by atoms with Crippen molar-refractivity contribution < 1.29 is 23.5 Å². The summed E-state index contributed by atoms with van der Waals surface area (Å²) in [7, 11) is 1.22.